The van der Waals surface area contributed by atoms with Crippen molar-refractivity contribution in [1.29, 1.82) is 0 Å². The molecule has 168 valence electrons. The van der Waals surface area contributed by atoms with Gasteiger partial charge in [0.25, 0.3) is 11.1 Å². The second-order valence-electron chi connectivity index (χ2n) is 7.17. The first kappa shape index (κ1) is 23.9. The Labute approximate surface area is 196 Å². The maximum Gasteiger partial charge on any atom is 0.293 e. The molecule has 1 saturated heterocycles. The van der Waals surface area contributed by atoms with Crippen LogP contribution in [0, 0.1) is 0 Å². The van der Waals surface area contributed by atoms with Gasteiger partial charge in [0.2, 0.25) is 0 Å². The highest BCUT2D eigenvalue weighted by Crippen LogP contribution is 2.35. The Morgan fingerprint density at radius 1 is 1.12 bits per heavy atom. The maximum atomic E-state index is 12.8. The molecule has 3 rings (SSSR count). The van der Waals surface area contributed by atoms with Crippen molar-refractivity contribution in [3.63, 3.8) is 0 Å². The number of benzene rings is 2. The van der Waals surface area contributed by atoms with Gasteiger partial charge in [-0.15, -0.1) is 0 Å². The number of hydrogen-bond acceptors (Lipinski definition) is 6. The van der Waals surface area contributed by atoms with E-state index in [1.807, 2.05) is 20.8 Å². The van der Waals surface area contributed by atoms with Crippen LogP contribution in [0.4, 0.5) is 4.79 Å². The van der Waals surface area contributed by atoms with Crippen molar-refractivity contribution in [2.75, 3.05) is 13.2 Å². The number of rotatable bonds is 9. The average Bonchev–Trinajstić information content (AvgIpc) is 3.03. The van der Waals surface area contributed by atoms with E-state index in [1.165, 1.54) is 0 Å². The standard InChI is InChI=1S/C24H24ClNO5S/c1-4-15(3)31-20-11-6-16(12-21(20)30-5-2)13-22-23(28)26(24(29)32-22)14-19(27)17-7-9-18(25)10-8-17/h6-13,15H,4-5,14H2,1-3H3/b22-13+/t15-/m1/s1. The fourth-order valence-corrected chi connectivity index (χ4v) is 3.90. The van der Waals surface area contributed by atoms with Crippen LogP contribution in [0.25, 0.3) is 6.08 Å². The van der Waals surface area contributed by atoms with Gasteiger partial charge in [-0.25, -0.2) is 0 Å². The molecule has 1 aliphatic rings. The smallest absolute Gasteiger partial charge is 0.293 e. The summed E-state index contributed by atoms with van der Waals surface area (Å²) in [6.07, 6.45) is 2.51. The second kappa shape index (κ2) is 10.7. The number of hydrogen-bond donors (Lipinski definition) is 0. The molecule has 1 heterocycles. The third-order valence-electron chi connectivity index (χ3n) is 4.81. The number of thioether (sulfide) groups is 1. The molecule has 1 fully saturated rings. The number of carbonyl (C=O) groups is 3. The summed E-state index contributed by atoms with van der Waals surface area (Å²) in [5.41, 5.74) is 1.08. The van der Waals surface area contributed by atoms with Crippen molar-refractivity contribution >= 4 is 46.4 Å². The van der Waals surface area contributed by atoms with Crippen LogP contribution in [-0.2, 0) is 4.79 Å². The molecular formula is C24H24ClNO5S. The molecule has 0 saturated carbocycles. The van der Waals surface area contributed by atoms with Gasteiger partial charge in [0.05, 0.1) is 24.2 Å². The van der Waals surface area contributed by atoms with Crippen molar-refractivity contribution < 1.29 is 23.9 Å². The van der Waals surface area contributed by atoms with Gasteiger partial charge in [0.15, 0.2) is 17.3 Å². The Hall–Kier alpha value is -2.77. The minimum atomic E-state index is -0.500. The SMILES string of the molecule is CCOc1cc(/C=C2/SC(=O)N(CC(=O)c3ccc(Cl)cc3)C2=O)ccc1O[C@H](C)CC. The zero-order valence-electron chi connectivity index (χ0n) is 18.1. The molecule has 0 N–H and O–H groups in total. The molecule has 0 spiro atoms. The number of ketones is 1. The first-order chi connectivity index (χ1) is 15.3. The number of imide groups is 1. The van der Waals surface area contributed by atoms with Gasteiger partial charge < -0.3 is 9.47 Å². The summed E-state index contributed by atoms with van der Waals surface area (Å²) in [7, 11) is 0. The molecule has 2 amide bonds. The fourth-order valence-electron chi connectivity index (χ4n) is 2.94. The molecule has 2 aromatic carbocycles. The minimum absolute atomic E-state index is 0.0368. The highest BCUT2D eigenvalue weighted by molar-refractivity contribution is 8.18. The summed E-state index contributed by atoms with van der Waals surface area (Å²) in [5.74, 6) is 0.356. The van der Waals surface area contributed by atoms with E-state index in [1.54, 1.807) is 48.5 Å². The van der Waals surface area contributed by atoms with Gasteiger partial charge in [0, 0.05) is 10.6 Å². The summed E-state index contributed by atoms with van der Waals surface area (Å²) in [6, 6.07) is 11.7. The van der Waals surface area contributed by atoms with E-state index < -0.39 is 11.1 Å². The molecule has 0 aliphatic carbocycles. The van der Waals surface area contributed by atoms with Crippen LogP contribution in [0.5, 0.6) is 11.5 Å². The predicted molar refractivity (Wildman–Crippen MR) is 126 cm³/mol. The minimum Gasteiger partial charge on any atom is -0.490 e. The summed E-state index contributed by atoms with van der Waals surface area (Å²) in [4.78, 5) is 38.9. The Balaban J connectivity index is 1.78. The molecule has 0 bridgehead atoms. The van der Waals surface area contributed by atoms with Gasteiger partial charge in [-0.05, 0) is 80.1 Å². The van der Waals surface area contributed by atoms with E-state index in [0.29, 0.717) is 34.3 Å². The molecule has 1 atom stereocenters. The van der Waals surface area contributed by atoms with E-state index in [9.17, 15) is 14.4 Å². The van der Waals surface area contributed by atoms with Crippen LogP contribution in [0.2, 0.25) is 5.02 Å². The largest absolute Gasteiger partial charge is 0.490 e. The predicted octanol–water partition coefficient (Wildman–Crippen LogP) is 5.84. The second-order valence-corrected chi connectivity index (χ2v) is 8.60. The van der Waals surface area contributed by atoms with Gasteiger partial charge >= 0.3 is 0 Å². The number of carbonyl (C=O) groups excluding carboxylic acids is 3. The summed E-state index contributed by atoms with van der Waals surface area (Å²) >= 11 is 6.65. The Morgan fingerprint density at radius 3 is 2.50 bits per heavy atom. The van der Waals surface area contributed by atoms with Crippen molar-refractivity contribution in [2.24, 2.45) is 0 Å². The lowest BCUT2D eigenvalue weighted by molar-refractivity contribution is -0.122. The Morgan fingerprint density at radius 2 is 1.84 bits per heavy atom. The number of nitrogens with zero attached hydrogens (tertiary/aromatic N) is 1. The van der Waals surface area contributed by atoms with Crippen LogP contribution in [0.15, 0.2) is 47.4 Å². The van der Waals surface area contributed by atoms with Gasteiger partial charge in [-0.1, -0.05) is 24.6 Å². The number of halogens is 1. The number of amides is 2. The van der Waals surface area contributed by atoms with E-state index in [-0.39, 0.29) is 23.3 Å². The van der Waals surface area contributed by atoms with E-state index in [0.717, 1.165) is 23.1 Å². The average molecular weight is 474 g/mol. The van der Waals surface area contributed by atoms with Gasteiger partial charge in [0.1, 0.15) is 0 Å². The third-order valence-corrected chi connectivity index (χ3v) is 5.97. The van der Waals surface area contributed by atoms with Crippen LogP contribution in [-0.4, -0.2) is 41.1 Å². The first-order valence-electron chi connectivity index (χ1n) is 10.3. The van der Waals surface area contributed by atoms with Gasteiger partial charge in [-0.2, -0.15) is 0 Å². The highest BCUT2D eigenvalue weighted by Gasteiger charge is 2.36. The maximum absolute atomic E-state index is 12.8. The van der Waals surface area contributed by atoms with Gasteiger partial charge in [-0.3, -0.25) is 19.3 Å². The number of ether oxygens (including phenoxy) is 2. The molecule has 2 aromatic rings. The Bertz CT molecular complexity index is 1050. The molecule has 0 aromatic heterocycles. The molecule has 0 unspecified atom stereocenters. The molecular weight excluding hydrogens is 450 g/mol. The topological polar surface area (TPSA) is 72.9 Å². The van der Waals surface area contributed by atoms with Crippen molar-refractivity contribution in [2.45, 2.75) is 33.3 Å². The molecule has 1 aliphatic heterocycles. The van der Waals surface area contributed by atoms with Crippen LogP contribution in [0.1, 0.15) is 43.1 Å². The van der Waals surface area contributed by atoms with Crippen molar-refractivity contribution in [3.05, 3.63) is 63.5 Å². The van der Waals surface area contributed by atoms with Crippen LogP contribution >= 0.6 is 23.4 Å². The third kappa shape index (κ3) is 5.72. The summed E-state index contributed by atoms with van der Waals surface area (Å²) < 4.78 is 11.6. The lowest BCUT2D eigenvalue weighted by Crippen LogP contribution is -2.33. The zero-order chi connectivity index (χ0) is 23.3. The lowest BCUT2D eigenvalue weighted by atomic mass is 10.1. The summed E-state index contributed by atoms with van der Waals surface area (Å²) in [5, 5.41) is 0.0213. The summed E-state index contributed by atoms with van der Waals surface area (Å²) in [6.45, 7) is 6.03. The number of Topliss-reactive ketones (excluding diaryl/α,β-unsaturated/α-hetero) is 1. The van der Waals surface area contributed by atoms with Crippen LogP contribution in [0.3, 0.4) is 0 Å². The molecule has 8 heteroatoms. The molecule has 6 nitrogen and oxygen atoms in total. The molecule has 0 radical (unpaired) electrons. The zero-order valence-corrected chi connectivity index (χ0v) is 19.7. The van der Waals surface area contributed by atoms with Crippen molar-refractivity contribution in [3.8, 4) is 11.5 Å². The lowest BCUT2D eigenvalue weighted by Gasteiger charge is -2.16. The normalized spacial score (nSPS) is 15.9. The monoisotopic (exact) mass is 473 g/mol. The van der Waals surface area contributed by atoms with E-state index >= 15 is 0 Å². The highest BCUT2D eigenvalue weighted by atomic mass is 35.5. The Kier molecular flexibility index (Phi) is 7.99. The fraction of sp³-hybridized carbons (Fsp3) is 0.292. The van der Waals surface area contributed by atoms with E-state index in [2.05, 4.69) is 0 Å². The molecule has 32 heavy (non-hydrogen) atoms. The van der Waals surface area contributed by atoms with Crippen molar-refractivity contribution in [1.82, 2.24) is 4.90 Å². The quantitative estimate of drug-likeness (QED) is 0.336. The van der Waals surface area contributed by atoms with E-state index in [4.69, 9.17) is 21.1 Å². The first-order valence-corrected chi connectivity index (χ1v) is 11.5. The van der Waals surface area contributed by atoms with Crippen LogP contribution < -0.4 is 9.47 Å².